The Hall–Kier alpha value is -4.13. The molecule has 2 aliphatic rings. The highest BCUT2D eigenvalue weighted by atomic mass is 19.1. The number of aliphatic hydroxyl groups is 1. The summed E-state index contributed by atoms with van der Waals surface area (Å²) >= 11 is 0. The van der Waals surface area contributed by atoms with Crippen molar-refractivity contribution in [3.63, 3.8) is 0 Å². The van der Waals surface area contributed by atoms with Crippen LogP contribution in [-0.2, 0) is 9.59 Å². The van der Waals surface area contributed by atoms with E-state index in [0.717, 1.165) is 37.2 Å². The summed E-state index contributed by atoms with van der Waals surface area (Å²) < 4.78 is 21.0. The number of ether oxygens (including phenoxy) is 1. The molecule has 7 heteroatoms. The number of hydrogen-bond donors (Lipinski definition) is 1. The van der Waals surface area contributed by atoms with Crippen molar-refractivity contribution in [2.75, 3.05) is 29.5 Å². The van der Waals surface area contributed by atoms with Crippen LogP contribution in [0.2, 0.25) is 0 Å². The van der Waals surface area contributed by atoms with Crippen molar-refractivity contribution in [1.82, 2.24) is 0 Å². The molecule has 0 saturated carbocycles. The Morgan fingerprint density at radius 3 is 2.31 bits per heavy atom. The zero-order valence-electron chi connectivity index (χ0n) is 22.5. The molecule has 2 aliphatic heterocycles. The number of hydrogen-bond acceptors (Lipinski definition) is 5. The van der Waals surface area contributed by atoms with E-state index >= 15 is 4.39 Å². The average molecular weight is 529 g/mol. The first-order valence-electron chi connectivity index (χ1n) is 13.4. The number of carbonyl (C=O) groups is 2. The Bertz CT molecular complexity index is 1420. The minimum absolute atomic E-state index is 0.135. The molecule has 2 fully saturated rings. The molecule has 202 valence electrons. The van der Waals surface area contributed by atoms with Crippen LogP contribution in [0.1, 0.15) is 49.4 Å². The van der Waals surface area contributed by atoms with Crippen molar-refractivity contribution in [2.45, 2.75) is 39.7 Å². The lowest BCUT2D eigenvalue weighted by Gasteiger charge is -2.26. The molecule has 1 N–H and O–H groups in total. The highest BCUT2D eigenvalue weighted by Gasteiger charge is 2.47. The Balaban J connectivity index is 1.59. The van der Waals surface area contributed by atoms with Crippen LogP contribution in [0.15, 0.2) is 72.3 Å². The second kappa shape index (κ2) is 10.9. The molecule has 1 unspecified atom stereocenters. The third kappa shape index (κ3) is 5.13. The van der Waals surface area contributed by atoms with Gasteiger partial charge in [-0.3, -0.25) is 14.5 Å². The van der Waals surface area contributed by atoms with Gasteiger partial charge in [0.15, 0.2) is 0 Å². The first-order valence-corrected chi connectivity index (χ1v) is 13.4. The Kier molecular flexibility index (Phi) is 7.42. The third-order valence-corrected chi connectivity index (χ3v) is 7.26. The molecule has 5 rings (SSSR count). The van der Waals surface area contributed by atoms with Crippen molar-refractivity contribution >= 4 is 28.8 Å². The third-order valence-electron chi connectivity index (χ3n) is 7.26. The van der Waals surface area contributed by atoms with Gasteiger partial charge in [0.05, 0.1) is 18.2 Å². The lowest BCUT2D eigenvalue weighted by atomic mass is 9.94. The first-order chi connectivity index (χ1) is 18.8. The maximum Gasteiger partial charge on any atom is 0.300 e. The topological polar surface area (TPSA) is 70.1 Å². The number of nitrogens with zero attached hydrogens (tertiary/aromatic N) is 2. The van der Waals surface area contributed by atoms with Gasteiger partial charge in [-0.1, -0.05) is 32.0 Å². The van der Waals surface area contributed by atoms with Crippen LogP contribution < -0.4 is 14.5 Å². The van der Waals surface area contributed by atoms with Crippen molar-refractivity contribution in [3.8, 4) is 5.75 Å². The predicted octanol–water partition coefficient (Wildman–Crippen LogP) is 6.40. The minimum Gasteiger partial charge on any atom is -0.507 e. The van der Waals surface area contributed by atoms with Crippen LogP contribution in [0.25, 0.3) is 5.76 Å². The van der Waals surface area contributed by atoms with Crippen LogP contribution >= 0.6 is 0 Å². The maximum absolute atomic E-state index is 15.2. The molecule has 0 aliphatic carbocycles. The summed E-state index contributed by atoms with van der Waals surface area (Å²) in [5, 5.41) is 11.4. The normalized spacial score (nSPS) is 18.8. The van der Waals surface area contributed by atoms with E-state index in [9.17, 15) is 14.7 Å². The van der Waals surface area contributed by atoms with Gasteiger partial charge in [0.1, 0.15) is 17.3 Å². The van der Waals surface area contributed by atoms with E-state index in [2.05, 4.69) is 18.7 Å². The summed E-state index contributed by atoms with van der Waals surface area (Å²) in [5.41, 5.74) is 2.60. The van der Waals surface area contributed by atoms with Gasteiger partial charge in [-0.05, 0) is 79.8 Å². The monoisotopic (exact) mass is 528 g/mol. The maximum atomic E-state index is 15.2. The number of benzene rings is 3. The summed E-state index contributed by atoms with van der Waals surface area (Å²) in [5.74, 6) is -1.57. The number of anilines is 2. The van der Waals surface area contributed by atoms with Crippen LogP contribution in [0.4, 0.5) is 15.8 Å². The SMILES string of the molecule is Cc1cc(/C(O)=C2\C(=O)C(=O)N(c3ccc(N4CCCC4)cc3)C2c2ccccc2F)ccc1OCC(C)C. The standard InChI is InChI=1S/C32H33FN2O4/c1-20(2)19-39-27-15-10-22(18-21(27)3)30(36)28-29(25-8-4-5-9-26(25)33)35(32(38)31(28)37)24-13-11-23(12-14-24)34-16-6-7-17-34/h4-5,8-15,18,20,29,36H,6-7,16-17,19H2,1-3H3/b30-28+. The second-order valence-electron chi connectivity index (χ2n) is 10.6. The van der Waals surface area contributed by atoms with Crippen LogP contribution in [-0.4, -0.2) is 36.5 Å². The molecular formula is C32H33FN2O4. The summed E-state index contributed by atoms with van der Waals surface area (Å²) in [6.45, 7) is 8.44. The summed E-state index contributed by atoms with van der Waals surface area (Å²) in [7, 11) is 0. The zero-order chi connectivity index (χ0) is 27.7. The molecule has 0 aromatic heterocycles. The highest BCUT2D eigenvalue weighted by Crippen LogP contribution is 2.43. The van der Waals surface area contributed by atoms with E-state index in [1.165, 1.54) is 11.0 Å². The lowest BCUT2D eigenvalue weighted by Crippen LogP contribution is -2.30. The smallest absolute Gasteiger partial charge is 0.300 e. The first kappa shape index (κ1) is 26.5. The number of amides is 1. The van der Waals surface area contributed by atoms with E-state index in [1.54, 1.807) is 48.5 Å². The Morgan fingerprint density at radius 1 is 1.00 bits per heavy atom. The molecule has 3 aromatic carbocycles. The number of carbonyl (C=O) groups excluding carboxylic acids is 2. The molecule has 6 nitrogen and oxygen atoms in total. The van der Waals surface area contributed by atoms with Crippen LogP contribution in [0.5, 0.6) is 5.75 Å². The van der Waals surface area contributed by atoms with Gasteiger partial charge in [0, 0.05) is 35.6 Å². The van der Waals surface area contributed by atoms with Gasteiger partial charge < -0.3 is 14.7 Å². The average Bonchev–Trinajstić information content (AvgIpc) is 3.55. The Morgan fingerprint density at radius 2 is 1.67 bits per heavy atom. The van der Waals surface area contributed by atoms with Gasteiger partial charge in [0.25, 0.3) is 11.7 Å². The largest absolute Gasteiger partial charge is 0.507 e. The van der Waals surface area contributed by atoms with E-state index < -0.39 is 23.5 Å². The number of aryl methyl sites for hydroxylation is 1. The van der Waals surface area contributed by atoms with Crippen molar-refractivity contribution in [2.24, 2.45) is 5.92 Å². The number of aliphatic hydroxyl groups excluding tert-OH is 1. The van der Waals surface area contributed by atoms with E-state index in [4.69, 9.17) is 4.74 Å². The van der Waals surface area contributed by atoms with Crippen molar-refractivity contribution in [1.29, 1.82) is 0 Å². The van der Waals surface area contributed by atoms with Gasteiger partial charge in [-0.2, -0.15) is 0 Å². The van der Waals surface area contributed by atoms with Crippen molar-refractivity contribution in [3.05, 3.63) is 94.8 Å². The van der Waals surface area contributed by atoms with Gasteiger partial charge in [0.2, 0.25) is 0 Å². The number of halogens is 1. The number of ketones is 1. The second-order valence-corrected chi connectivity index (χ2v) is 10.6. The fourth-order valence-electron chi connectivity index (χ4n) is 5.26. The van der Waals surface area contributed by atoms with Gasteiger partial charge in [-0.15, -0.1) is 0 Å². The number of rotatable bonds is 7. The quantitative estimate of drug-likeness (QED) is 0.218. The fourth-order valence-corrected chi connectivity index (χ4v) is 5.26. The lowest BCUT2D eigenvalue weighted by molar-refractivity contribution is -0.132. The van der Waals surface area contributed by atoms with Crippen molar-refractivity contribution < 1.29 is 23.8 Å². The summed E-state index contributed by atoms with van der Waals surface area (Å²) in [4.78, 5) is 30.4. The molecule has 1 amide bonds. The molecule has 1 atom stereocenters. The highest BCUT2D eigenvalue weighted by molar-refractivity contribution is 6.51. The fraction of sp³-hybridized carbons (Fsp3) is 0.312. The van der Waals surface area contributed by atoms with Crippen LogP contribution in [0.3, 0.4) is 0 Å². The minimum atomic E-state index is -1.12. The van der Waals surface area contributed by atoms with E-state index in [0.29, 0.717) is 29.5 Å². The zero-order valence-corrected chi connectivity index (χ0v) is 22.5. The molecular weight excluding hydrogens is 495 g/mol. The van der Waals surface area contributed by atoms with E-state index in [-0.39, 0.29) is 16.9 Å². The van der Waals surface area contributed by atoms with E-state index in [1.807, 2.05) is 19.1 Å². The molecule has 0 radical (unpaired) electrons. The Labute approximate surface area is 228 Å². The molecule has 3 aromatic rings. The predicted molar refractivity (Wildman–Crippen MR) is 151 cm³/mol. The summed E-state index contributed by atoms with van der Waals surface area (Å²) in [6.07, 6.45) is 2.27. The molecule has 2 heterocycles. The number of Topliss-reactive ketones (excluding diaryl/α,β-unsaturated/α-hetero) is 1. The molecule has 0 spiro atoms. The van der Waals surface area contributed by atoms with Gasteiger partial charge >= 0.3 is 0 Å². The van der Waals surface area contributed by atoms with Gasteiger partial charge in [-0.25, -0.2) is 4.39 Å². The summed E-state index contributed by atoms with van der Waals surface area (Å²) in [6, 6.07) is 17.4. The van der Waals surface area contributed by atoms with Crippen LogP contribution in [0, 0.1) is 18.7 Å². The molecule has 0 bridgehead atoms. The molecule has 39 heavy (non-hydrogen) atoms. The molecule has 2 saturated heterocycles.